The van der Waals surface area contributed by atoms with Crippen LogP contribution in [0.5, 0.6) is 5.75 Å². The van der Waals surface area contributed by atoms with Gasteiger partial charge in [-0.2, -0.15) is 0 Å². The molecule has 240 valence electrons. The lowest BCUT2D eigenvalue weighted by atomic mass is 10.0. The molecule has 4 amide bonds. The minimum absolute atomic E-state index is 0.0463. The standard InChI is InChI=1S/C31H38N6O8/c38-26-12-24-28(40)29(41)25(45-24)14-33-30(42)23-17-35(9-10-37(23)27(39)18-44-21-6-2-1-3-7-21)31(43)22-11-20(34-26)16-36(22)15-19-5-4-8-32-13-19/h1-8,13,20,22-25,28-29,40-41H,9-12,14-18H2,(H,33,42)(H,34,38)/t20-,22-,23-,24-,25+,28-,29+/m0/s1. The third-order valence-electron chi connectivity index (χ3n) is 8.91. The lowest BCUT2D eigenvalue weighted by Crippen LogP contribution is -2.64. The number of fused-ring (bicyclic) bond motifs is 6. The summed E-state index contributed by atoms with van der Waals surface area (Å²) < 4.78 is 11.5. The zero-order valence-electron chi connectivity index (χ0n) is 24.7. The maximum Gasteiger partial charge on any atom is 0.261 e. The van der Waals surface area contributed by atoms with Crippen LogP contribution in [0.2, 0.25) is 0 Å². The van der Waals surface area contributed by atoms with Crippen molar-refractivity contribution in [2.75, 3.05) is 39.3 Å². The zero-order chi connectivity index (χ0) is 31.5. The first-order chi connectivity index (χ1) is 21.8. The lowest BCUT2D eigenvalue weighted by Gasteiger charge is -2.42. The molecule has 4 fully saturated rings. The van der Waals surface area contributed by atoms with Gasteiger partial charge in [-0.15, -0.1) is 0 Å². The van der Waals surface area contributed by atoms with Crippen molar-refractivity contribution in [3.63, 3.8) is 0 Å². The Morgan fingerprint density at radius 1 is 1.00 bits per heavy atom. The van der Waals surface area contributed by atoms with Gasteiger partial charge in [0.25, 0.3) is 5.91 Å². The number of likely N-dealkylation sites (tertiary alicyclic amines) is 1. The van der Waals surface area contributed by atoms with E-state index in [2.05, 4.69) is 15.6 Å². The highest BCUT2D eigenvalue weighted by atomic mass is 16.5. The monoisotopic (exact) mass is 622 g/mol. The van der Waals surface area contributed by atoms with Gasteiger partial charge in [0, 0.05) is 51.2 Å². The predicted molar refractivity (Wildman–Crippen MR) is 157 cm³/mol. The van der Waals surface area contributed by atoms with E-state index in [-0.39, 0.29) is 57.1 Å². The number of aliphatic hydroxyl groups excluding tert-OH is 2. The van der Waals surface area contributed by atoms with Gasteiger partial charge >= 0.3 is 0 Å². The number of pyridine rings is 1. The first kappa shape index (κ1) is 30.9. The van der Waals surface area contributed by atoms with E-state index in [0.717, 1.165) is 5.56 Å². The number of nitrogens with one attached hydrogen (secondary N) is 2. The molecule has 7 atom stereocenters. The molecule has 0 aliphatic carbocycles. The van der Waals surface area contributed by atoms with Crippen molar-refractivity contribution in [3.8, 4) is 5.75 Å². The second kappa shape index (κ2) is 13.5. The van der Waals surface area contributed by atoms with Crippen molar-refractivity contribution in [2.45, 2.75) is 61.9 Å². The highest BCUT2D eigenvalue weighted by Gasteiger charge is 2.47. The molecule has 0 radical (unpaired) electrons. The molecule has 0 unspecified atom stereocenters. The van der Waals surface area contributed by atoms with E-state index in [9.17, 15) is 29.4 Å². The van der Waals surface area contributed by atoms with Gasteiger partial charge in [0.05, 0.1) is 25.1 Å². The summed E-state index contributed by atoms with van der Waals surface area (Å²) in [7, 11) is 0. The molecular weight excluding hydrogens is 584 g/mol. The fraction of sp³-hybridized carbons (Fsp3) is 0.516. The van der Waals surface area contributed by atoms with Crippen molar-refractivity contribution in [2.24, 2.45) is 0 Å². The second-order valence-electron chi connectivity index (χ2n) is 11.9. The van der Waals surface area contributed by atoms with Crippen LogP contribution in [-0.2, 0) is 30.5 Å². The number of rotatable bonds is 5. The van der Waals surface area contributed by atoms with Crippen molar-refractivity contribution in [1.29, 1.82) is 0 Å². The van der Waals surface area contributed by atoms with Gasteiger partial charge in [0.1, 0.15) is 30.1 Å². The topological polar surface area (TPSA) is 174 Å². The molecule has 5 heterocycles. The highest BCUT2D eigenvalue weighted by Crippen LogP contribution is 2.27. The van der Waals surface area contributed by atoms with E-state index in [1.165, 1.54) is 4.90 Å². The Hall–Kier alpha value is -4.11. The third-order valence-corrected chi connectivity index (χ3v) is 8.91. The third kappa shape index (κ3) is 6.93. The molecule has 0 spiro atoms. The zero-order valence-corrected chi connectivity index (χ0v) is 24.7. The average Bonchev–Trinajstić information content (AvgIpc) is 3.57. The van der Waals surface area contributed by atoms with Gasteiger partial charge in [0.15, 0.2) is 6.61 Å². The number of ether oxygens (including phenoxy) is 2. The molecular formula is C31H38N6O8. The highest BCUT2D eigenvalue weighted by molar-refractivity contribution is 5.90. The van der Waals surface area contributed by atoms with Gasteiger partial charge in [-0.3, -0.25) is 29.1 Å². The van der Waals surface area contributed by atoms with E-state index >= 15 is 0 Å². The van der Waals surface area contributed by atoms with Crippen LogP contribution in [0.3, 0.4) is 0 Å². The Labute approximate surface area is 260 Å². The van der Waals surface area contributed by atoms with Crippen molar-refractivity contribution in [3.05, 3.63) is 60.4 Å². The Kier molecular flexibility index (Phi) is 9.26. The predicted octanol–water partition coefficient (Wildman–Crippen LogP) is -1.73. The molecule has 4 aliphatic rings. The van der Waals surface area contributed by atoms with E-state index in [1.807, 2.05) is 23.1 Å². The van der Waals surface area contributed by atoms with Crippen LogP contribution in [0.4, 0.5) is 0 Å². The molecule has 0 saturated carbocycles. The van der Waals surface area contributed by atoms with E-state index < -0.39 is 48.3 Å². The summed E-state index contributed by atoms with van der Waals surface area (Å²) in [6, 6.07) is 10.6. The molecule has 1 aromatic heterocycles. The normalized spacial score (nSPS) is 31.0. The first-order valence-corrected chi connectivity index (χ1v) is 15.2. The molecule has 1 aromatic carbocycles. The maximum atomic E-state index is 14.1. The summed E-state index contributed by atoms with van der Waals surface area (Å²) in [6.45, 7) is 0.653. The van der Waals surface area contributed by atoms with Gasteiger partial charge in [0.2, 0.25) is 17.7 Å². The van der Waals surface area contributed by atoms with Crippen LogP contribution in [0, 0.1) is 0 Å². The van der Waals surface area contributed by atoms with Crippen LogP contribution in [0.15, 0.2) is 54.9 Å². The molecule has 4 saturated heterocycles. The Morgan fingerprint density at radius 3 is 2.58 bits per heavy atom. The minimum atomic E-state index is -1.33. The van der Waals surface area contributed by atoms with Gasteiger partial charge < -0.3 is 40.1 Å². The van der Waals surface area contributed by atoms with Gasteiger partial charge in [-0.25, -0.2) is 0 Å². The number of nitrogens with zero attached hydrogens (tertiary/aromatic N) is 4. The number of piperazine rings is 1. The Morgan fingerprint density at radius 2 is 1.80 bits per heavy atom. The number of benzene rings is 1. The molecule has 2 aromatic rings. The average molecular weight is 623 g/mol. The lowest BCUT2D eigenvalue weighted by molar-refractivity contribution is -0.151. The quantitative estimate of drug-likeness (QED) is 0.300. The molecule has 4 N–H and O–H groups in total. The van der Waals surface area contributed by atoms with Crippen LogP contribution in [-0.4, -0.2) is 135 Å². The fourth-order valence-electron chi connectivity index (χ4n) is 6.58. The summed E-state index contributed by atoms with van der Waals surface area (Å²) in [4.78, 5) is 63.3. The number of hydrogen-bond donors (Lipinski definition) is 4. The van der Waals surface area contributed by atoms with Gasteiger partial charge in [-0.1, -0.05) is 24.3 Å². The van der Waals surface area contributed by atoms with Crippen LogP contribution in [0.1, 0.15) is 18.4 Å². The van der Waals surface area contributed by atoms with Crippen molar-refractivity contribution in [1.82, 2.24) is 30.3 Å². The fourth-order valence-corrected chi connectivity index (χ4v) is 6.58. The van der Waals surface area contributed by atoms with Crippen LogP contribution >= 0.6 is 0 Å². The maximum absolute atomic E-state index is 14.1. The van der Waals surface area contributed by atoms with Crippen molar-refractivity contribution >= 4 is 23.6 Å². The Bertz CT molecular complexity index is 1380. The van der Waals surface area contributed by atoms with Gasteiger partial charge in [-0.05, 0) is 30.2 Å². The molecule has 14 nitrogen and oxygen atoms in total. The summed E-state index contributed by atoms with van der Waals surface area (Å²) in [5, 5.41) is 26.9. The largest absolute Gasteiger partial charge is 0.484 e. The number of carbonyl (C=O) groups is 4. The molecule has 6 rings (SSSR count). The summed E-state index contributed by atoms with van der Waals surface area (Å²) in [5.41, 5.74) is 0.904. The Balaban J connectivity index is 1.25. The smallest absolute Gasteiger partial charge is 0.261 e. The number of carbonyl (C=O) groups excluding carboxylic acids is 4. The SMILES string of the molecule is O=C1C[C@@H]2O[C@H](CNC(=O)[C@@H]3CN(CCN3C(=O)COc3ccccc3)C(=O)[C@@H]3C[C@@H](CN3Cc3cccnc3)N1)[C@@H](O)[C@H]2O. The van der Waals surface area contributed by atoms with Crippen LogP contribution in [0.25, 0.3) is 0 Å². The van der Waals surface area contributed by atoms with E-state index in [4.69, 9.17) is 9.47 Å². The molecule has 14 heteroatoms. The summed E-state index contributed by atoms with van der Waals surface area (Å²) in [5.74, 6) is -0.986. The number of hydrogen-bond acceptors (Lipinski definition) is 10. The second-order valence-corrected chi connectivity index (χ2v) is 11.9. The number of para-hydroxylation sites is 1. The number of amides is 4. The van der Waals surface area contributed by atoms with Crippen molar-refractivity contribution < 1.29 is 38.9 Å². The van der Waals surface area contributed by atoms with Crippen LogP contribution < -0.4 is 15.4 Å². The molecule has 4 aliphatic heterocycles. The molecule has 6 bridgehead atoms. The van der Waals surface area contributed by atoms with E-state index in [1.54, 1.807) is 41.6 Å². The first-order valence-electron chi connectivity index (χ1n) is 15.2. The van der Waals surface area contributed by atoms with E-state index in [0.29, 0.717) is 25.3 Å². The molecule has 45 heavy (non-hydrogen) atoms. The summed E-state index contributed by atoms with van der Waals surface area (Å²) in [6.07, 6.45) is -1.05. The minimum Gasteiger partial charge on any atom is -0.484 e. The number of aromatic nitrogens is 1. The number of aliphatic hydroxyl groups is 2. The summed E-state index contributed by atoms with van der Waals surface area (Å²) >= 11 is 0.